The molecule has 2 saturated heterocycles. The van der Waals surface area contributed by atoms with Gasteiger partial charge in [0.15, 0.2) is 0 Å². The van der Waals surface area contributed by atoms with Crippen LogP contribution in [0.2, 0.25) is 0 Å². The second-order valence-electron chi connectivity index (χ2n) is 4.94. The molecule has 96 valence electrons. The fraction of sp³-hybridized carbons (Fsp3) is 0.538. The van der Waals surface area contributed by atoms with Crippen molar-refractivity contribution >= 4 is 6.03 Å². The summed E-state index contributed by atoms with van der Waals surface area (Å²) in [6.45, 7) is 2.74. The van der Waals surface area contributed by atoms with E-state index in [-0.39, 0.29) is 12.1 Å². The number of pyridine rings is 1. The largest absolute Gasteiger partial charge is 0.329 e. The summed E-state index contributed by atoms with van der Waals surface area (Å²) >= 11 is 0. The molecular weight excluding hydrogens is 228 g/mol. The predicted molar refractivity (Wildman–Crippen MR) is 68.1 cm³/mol. The van der Waals surface area contributed by atoms with Gasteiger partial charge in [-0.15, -0.1) is 0 Å². The second-order valence-corrected chi connectivity index (χ2v) is 4.94. The Balaban J connectivity index is 1.70. The third-order valence-electron chi connectivity index (χ3n) is 3.76. The van der Waals surface area contributed by atoms with Crippen LogP contribution in [-0.4, -0.2) is 41.6 Å². The van der Waals surface area contributed by atoms with Gasteiger partial charge in [-0.05, 0) is 37.1 Å². The molecule has 0 radical (unpaired) electrons. The van der Waals surface area contributed by atoms with Crippen molar-refractivity contribution in [2.45, 2.75) is 24.9 Å². The van der Waals surface area contributed by atoms with Crippen molar-refractivity contribution in [2.24, 2.45) is 0 Å². The summed E-state index contributed by atoms with van der Waals surface area (Å²) in [4.78, 5) is 18.0. The van der Waals surface area contributed by atoms with Crippen LogP contribution in [0.5, 0.6) is 0 Å². The van der Waals surface area contributed by atoms with Crippen molar-refractivity contribution in [1.29, 1.82) is 0 Å². The maximum absolute atomic E-state index is 12.0. The molecule has 0 aromatic carbocycles. The SMILES string of the molecule is O=C1NC(c2ccncc2)CN1C1CCCNC1. The highest BCUT2D eigenvalue weighted by atomic mass is 16.2. The van der Waals surface area contributed by atoms with Crippen LogP contribution in [0.25, 0.3) is 0 Å². The zero-order valence-electron chi connectivity index (χ0n) is 10.3. The van der Waals surface area contributed by atoms with Gasteiger partial charge in [0.1, 0.15) is 0 Å². The van der Waals surface area contributed by atoms with Crippen LogP contribution < -0.4 is 10.6 Å². The maximum atomic E-state index is 12.0. The number of hydrogen-bond donors (Lipinski definition) is 2. The highest BCUT2D eigenvalue weighted by Gasteiger charge is 2.34. The van der Waals surface area contributed by atoms with Gasteiger partial charge in [-0.3, -0.25) is 4.98 Å². The number of rotatable bonds is 2. The average molecular weight is 246 g/mol. The van der Waals surface area contributed by atoms with Crippen molar-refractivity contribution in [1.82, 2.24) is 20.5 Å². The molecule has 2 amide bonds. The zero-order valence-corrected chi connectivity index (χ0v) is 10.3. The summed E-state index contributed by atoms with van der Waals surface area (Å²) in [6, 6.07) is 4.43. The number of urea groups is 1. The lowest BCUT2D eigenvalue weighted by Crippen LogP contribution is -2.47. The van der Waals surface area contributed by atoms with Gasteiger partial charge in [0, 0.05) is 31.5 Å². The first kappa shape index (κ1) is 11.5. The van der Waals surface area contributed by atoms with Crippen LogP contribution in [0.15, 0.2) is 24.5 Å². The third kappa shape index (κ3) is 2.18. The molecule has 1 aromatic heterocycles. The molecule has 2 aliphatic rings. The molecule has 18 heavy (non-hydrogen) atoms. The van der Waals surface area contributed by atoms with E-state index < -0.39 is 0 Å². The van der Waals surface area contributed by atoms with Crippen molar-refractivity contribution < 1.29 is 4.79 Å². The Bertz CT molecular complexity index is 416. The molecule has 0 spiro atoms. The number of nitrogens with zero attached hydrogens (tertiary/aromatic N) is 2. The zero-order chi connectivity index (χ0) is 12.4. The quantitative estimate of drug-likeness (QED) is 0.815. The molecule has 2 N–H and O–H groups in total. The van der Waals surface area contributed by atoms with Gasteiger partial charge in [-0.2, -0.15) is 0 Å². The number of amides is 2. The van der Waals surface area contributed by atoms with Crippen LogP contribution >= 0.6 is 0 Å². The van der Waals surface area contributed by atoms with E-state index in [9.17, 15) is 4.79 Å². The third-order valence-corrected chi connectivity index (χ3v) is 3.76. The lowest BCUT2D eigenvalue weighted by atomic mass is 10.1. The number of carbonyl (C=O) groups excluding carboxylic acids is 1. The fourth-order valence-corrected chi connectivity index (χ4v) is 2.76. The number of aromatic nitrogens is 1. The lowest BCUT2D eigenvalue weighted by molar-refractivity contribution is 0.184. The van der Waals surface area contributed by atoms with Crippen molar-refractivity contribution in [3.63, 3.8) is 0 Å². The number of carbonyl (C=O) groups is 1. The van der Waals surface area contributed by atoms with Gasteiger partial charge in [-0.25, -0.2) is 4.79 Å². The Morgan fingerprint density at radius 1 is 1.33 bits per heavy atom. The summed E-state index contributed by atoms with van der Waals surface area (Å²) in [7, 11) is 0. The summed E-state index contributed by atoms with van der Waals surface area (Å²) in [5.41, 5.74) is 1.13. The normalized spacial score (nSPS) is 28.2. The molecule has 5 nitrogen and oxygen atoms in total. The van der Waals surface area contributed by atoms with E-state index in [1.165, 1.54) is 0 Å². The minimum atomic E-state index is 0.0607. The Kier molecular flexibility index (Phi) is 3.15. The summed E-state index contributed by atoms with van der Waals surface area (Å²) in [5, 5.41) is 6.40. The number of nitrogens with one attached hydrogen (secondary N) is 2. The van der Waals surface area contributed by atoms with Crippen LogP contribution in [0.3, 0.4) is 0 Å². The Labute approximate surface area is 107 Å². The predicted octanol–water partition coefficient (Wildman–Crippen LogP) is 0.900. The van der Waals surface area contributed by atoms with E-state index in [1.54, 1.807) is 12.4 Å². The average Bonchev–Trinajstić information content (AvgIpc) is 2.83. The molecule has 0 saturated carbocycles. The standard InChI is InChI=1S/C13H18N4O/c18-13-16-12(10-3-6-14-7-4-10)9-17(13)11-2-1-5-15-8-11/h3-4,6-7,11-12,15H,1-2,5,8-9H2,(H,16,18). The molecule has 3 rings (SSSR count). The molecular formula is C13H18N4O. The smallest absolute Gasteiger partial charge is 0.318 e. The summed E-state index contributed by atoms with van der Waals surface area (Å²) in [5.74, 6) is 0. The molecule has 0 bridgehead atoms. The van der Waals surface area contributed by atoms with E-state index in [4.69, 9.17) is 0 Å². The van der Waals surface area contributed by atoms with E-state index in [0.29, 0.717) is 6.04 Å². The molecule has 0 aliphatic carbocycles. The van der Waals surface area contributed by atoms with Crippen LogP contribution in [0, 0.1) is 0 Å². The fourth-order valence-electron chi connectivity index (χ4n) is 2.76. The Morgan fingerprint density at radius 3 is 2.89 bits per heavy atom. The van der Waals surface area contributed by atoms with Crippen LogP contribution in [0.1, 0.15) is 24.4 Å². The van der Waals surface area contributed by atoms with Crippen molar-refractivity contribution in [3.05, 3.63) is 30.1 Å². The van der Waals surface area contributed by atoms with Gasteiger partial charge < -0.3 is 15.5 Å². The molecule has 3 heterocycles. The first-order valence-corrected chi connectivity index (χ1v) is 6.52. The first-order valence-electron chi connectivity index (χ1n) is 6.52. The highest BCUT2D eigenvalue weighted by molar-refractivity contribution is 5.77. The highest BCUT2D eigenvalue weighted by Crippen LogP contribution is 2.23. The Hall–Kier alpha value is -1.62. The minimum absolute atomic E-state index is 0.0607. The van der Waals surface area contributed by atoms with Crippen LogP contribution in [0.4, 0.5) is 4.79 Å². The van der Waals surface area contributed by atoms with E-state index in [2.05, 4.69) is 15.6 Å². The summed E-state index contributed by atoms with van der Waals surface area (Å²) in [6.07, 6.45) is 5.79. The molecule has 2 atom stereocenters. The molecule has 2 unspecified atom stereocenters. The van der Waals surface area contributed by atoms with E-state index >= 15 is 0 Å². The van der Waals surface area contributed by atoms with Gasteiger partial charge >= 0.3 is 6.03 Å². The first-order chi connectivity index (χ1) is 8.84. The van der Waals surface area contributed by atoms with Crippen molar-refractivity contribution in [2.75, 3.05) is 19.6 Å². The molecule has 2 aliphatic heterocycles. The molecule has 2 fully saturated rings. The van der Waals surface area contributed by atoms with Gasteiger partial charge in [-0.1, -0.05) is 0 Å². The molecule has 1 aromatic rings. The molecule has 5 heteroatoms. The lowest BCUT2D eigenvalue weighted by Gasteiger charge is -2.30. The Morgan fingerprint density at radius 2 is 2.17 bits per heavy atom. The number of hydrogen-bond acceptors (Lipinski definition) is 3. The van der Waals surface area contributed by atoms with E-state index in [1.807, 2.05) is 17.0 Å². The minimum Gasteiger partial charge on any atom is -0.329 e. The monoisotopic (exact) mass is 246 g/mol. The topological polar surface area (TPSA) is 57.3 Å². The summed E-state index contributed by atoms with van der Waals surface area (Å²) < 4.78 is 0. The maximum Gasteiger partial charge on any atom is 0.318 e. The number of piperidine rings is 1. The van der Waals surface area contributed by atoms with Gasteiger partial charge in [0.25, 0.3) is 0 Å². The van der Waals surface area contributed by atoms with Crippen molar-refractivity contribution in [3.8, 4) is 0 Å². The van der Waals surface area contributed by atoms with Gasteiger partial charge in [0.2, 0.25) is 0 Å². The second kappa shape index (κ2) is 4.94. The van der Waals surface area contributed by atoms with Crippen LogP contribution in [-0.2, 0) is 0 Å². The van der Waals surface area contributed by atoms with Gasteiger partial charge in [0.05, 0.1) is 6.04 Å². The van der Waals surface area contributed by atoms with E-state index in [0.717, 1.165) is 38.0 Å².